The first-order valence-corrected chi connectivity index (χ1v) is 13.0. The zero-order valence-electron chi connectivity index (χ0n) is 22.7. The molecule has 3 fully saturated rings. The molecule has 0 bridgehead atoms. The zero-order chi connectivity index (χ0) is 26.7. The predicted octanol–water partition coefficient (Wildman–Crippen LogP) is 4.02. The highest BCUT2D eigenvalue weighted by atomic mass is 16.6. The predicted molar refractivity (Wildman–Crippen MR) is 143 cm³/mol. The summed E-state index contributed by atoms with van der Waals surface area (Å²) >= 11 is 0. The summed E-state index contributed by atoms with van der Waals surface area (Å²) in [6.07, 6.45) is 9.71. The van der Waals surface area contributed by atoms with Crippen LogP contribution in [0.1, 0.15) is 75.2 Å². The van der Waals surface area contributed by atoms with Gasteiger partial charge in [0.05, 0.1) is 30.5 Å². The third kappa shape index (κ3) is 8.77. The highest BCUT2D eigenvalue weighted by Crippen LogP contribution is 2.46. The third-order valence-electron chi connectivity index (χ3n) is 7.18. The molecular formula is C29H47NO7. The Morgan fingerprint density at radius 2 is 1.89 bits per heavy atom. The molecule has 8 heteroatoms. The van der Waals surface area contributed by atoms with Crippen LogP contribution >= 0.6 is 0 Å². The van der Waals surface area contributed by atoms with Gasteiger partial charge in [-0.2, -0.15) is 0 Å². The molecule has 0 unspecified atom stereocenters. The molecule has 3 heterocycles. The van der Waals surface area contributed by atoms with E-state index in [9.17, 15) is 14.7 Å². The van der Waals surface area contributed by atoms with Crippen LogP contribution in [0.4, 0.5) is 0 Å². The number of ether oxygens (including phenoxy) is 4. The average Bonchev–Trinajstić information content (AvgIpc) is 3.54. The lowest BCUT2D eigenvalue weighted by atomic mass is 9.83. The summed E-state index contributed by atoms with van der Waals surface area (Å²) in [5.74, 6) is -0.346. The van der Waals surface area contributed by atoms with E-state index in [1.165, 1.54) is 13.0 Å². The van der Waals surface area contributed by atoms with E-state index in [0.29, 0.717) is 13.0 Å². The van der Waals surface area contributed by atoms with Crippen molar-refractivity contribution < 1.29 is 33.6 Å². The molecule has 8 nitrogen and oxygen atoms in total. The van der Waals surface area contributed by atoms with Crippen molar-refractivity contribution in [1.29, 1.82) is 0 Å². The summed E-state index contributed by atoms with van der Waals surface area (Å²) in [7, 11) is 0. The van der Waals surface area contributed by atoms with Gasteiger partial charge in [-0.25, -0.2) is 0 Å². The van der Waals surface area contributed by atoms with Crippen LogP contribution in [0, 0.1) is 5.92 Å². The normalized spacial score (nSPS) is 36.3. The quantitative estimate of drug-likeness (QED) is 0.215. The molecule has 37 heavy (non-hydrogen) atoms. The molecule has 1 amide bonds. The molecule has 3 aliphatic rings. The number of carbonyl (C=O) groups is 2. The van der Waals surface area contributed by atoms with Gasteiger partial charge in [0.2, 0.25) is 5.91 Å². The molecule has 3 aliphatic heterocycles. The van der Waals surface area contributed by atoms with E-state index in [0.717, 1.165) is 18.4 Å². The first-order valence-electron chi connectivity index (χ1n) is 13.0. The average molecular weight is 522 g/mol. The van der Waals surface area contributed by atoms with Crippen LogP contribution in [0.3, 0.4) is 0 Å². The van der Waals surface area contributed by atoms with Crippen molar-refractivity contribution in [3.63, 3.8) is 0 Å². The monoisotopic (exact) mass is 521 g/mol. The van der Waals surface area contributed by atoms with Crippen molar-refractivity contribution in [2.75, 3.05) is 6.61 Å². The lowest BCUT2D eigenvalue weighted by Crippen LogP contribution is -2.53. The van der Waals surface area contributed by atoms with E-state index in [1.54, 1.807) is 13.0 Å². The lowest BCUT2D eigenvalue weighted by Gasteiger charge is -2.41. The van der Waals surface area contributed by atoms with Crippen LogP contribution in [-0.4, -0.2) is 71.4 Å². The molecule has 8 atom stereocenters. The molecule has 2 N–H and O–H groups in total. The van der Waals surface area contributed by atoms with Gasteiger partial charge in [0.25, 0.3) is 0 Å². The summed E-state index contributed by atoms with van der Waals surface area (Å²) in [5.41, 5.74) is 0.274. The molecule has 210 valence electrons. The van der Waals surface area contributed by atoms with E-state index in [-0.39, 0.29) is 49.1 Å². The Balaban J connectivity index is 0.00000481. The van der Waals surface area contributed by atoms with Crippen LogP contribution in [0.2, 0.25) is 0 Å². The minimum Gasteiger partial charge on any atom is -0.459 e. The number of aliphatic hydroxyl groups is 1. The number of carbonyl (C=O) groups excluding carboxylic acids is 2. The molecule has 0 aliphatic carbocycles. The molecule has 3 rings (SSSR count). The summed E-state index contributed by atoms with van der Waals surface area (Å²) in [6.45, 7) is 13.8. The number of hydrogen-bond donors (Lipinski definition) is 2. The highest BCUT2D eigenvalue weighted by molar-refractivity contribution is 5.87. The van der Waals surface area contributed by atoms with Gasteiger partial charge in [0, 0.05) is 19.4 Å². The van der Waals surface area contributed by atoms with E-state index >= 15 is 0 Å². The number of allylic oxidation sites excluding steroid dienone is 2. The first-order chi connectivity index (χ1) is 16.8. The van der Waals surface area contributed by atoms with Gasteiger partial charge in [-0.3, -0.25) is 9.59 Å². The van der Waals surface area contributed by atoms with Crippen LogP contribution in [0.15, 0.2) is 36.0 Å². The fourth-order valence-corrected chi connectivity index (χ4v) is 5.19. The van der Waals surface area contributed by atoms with Gasteiger partial charge in [0.1, 0.15) is 23.9 Å². The second-order valence-electron chi connectivity index (χ2n) is 11.2. The molecule has 0 aromatic rings. The van der Waals surface area contributed by atoms with Gasteiger partial charge in [-0.15, -0.1) is 0 Å². The van der Waals surface area contributed by atoms with Crippen molar-refractivity contribution in [2.24, 2.45) is 5.92 Å². The zero-order valence-corrected chi connectivity index (χ0v) is 22.7. The highest BCUT2D eigenvalue weighted by Gasteiger charge is 2.60. The van der Waals surface area contributed by atoms with Crippen LogP contribution in [0.5, 0.6) is 0 Å². The largest absolute Gasteiger partial charge is 0.459 e. The Bertz CT molecular complexity index is 889. The smallest absolute Gasteiger partial charge is 0.303 e. The Morgan fingerprint density at radius 3 is 2.51 bits per heavy atom. The first kappa shape index (κ1) is 31.2. The Morgan fingerprint density at radius 1 is 1.22 bits per heavy atom. The summed E-state index contributed by atoms with van der Waals surface area (Å²) in [4.78, 5) is 23.3. The number of aliphatic hydroxyl groups excluding tert-OH is 1. The molecule has 3 saturated heterocycles. The number of nitrogens with one attached hydrogen (secondary N) is 1. The fourth-order valence-electron chi connectivity index (χ4n) is 5.19. The van der Waals surface area contributed by atoms with Crippen molar-refractivity contribution >= 4 is 11.9 Å². The van der Waals surface area contributed by atoms with Gasteiger partial charge in [-0.05, 0) is 59.5 Å². The number of amides is 1. The van der Waals surface area contributed by atoms with Crippen molar-refractivity contribution in [3.05, 3.63) is 36.0 Å². The number of esters is 1. The number of epoxide rings is 1. The van der Waals surface area contributed by atoms with Crippen LogP contribution in [-0.2, 0) is 28.5 Å². The molecule has 0 radical (unpaired) electrons. The van der Waals surface area contributed by atoms with Gasteiger partial charge in [0.15, 0.2) is 0 Å². The minimum absolute atomic E-state index is 0. The molecule has 0 aromatic heterocycles. The van der Waals surface area contributed by atoms with Crippen molar-refractivity contribution in [2.45, 2.75) is 123 Å². The fraction of sp³-hybridized carbons (Fsp3) is 0.724. The molecule has 0 saturated carbocycles. The SMILES string of the molecule is C.CC(=O)O[C@@H](C)/C=C\C(=O)N[C@@H]1C[C@H](C)[C@H](C/C=C(C)/C=C/[C@H]2OC(C)(C)C[C@@]3(CO3)[C@@H]2O)O[C@@H]1C. The summed E-state index contributed by atoms with van der Waals surface area (Å²) in [6, 6.07) is -0.0901. The second-order valence-corrected chi connectivity index (χ2v) is 11.2. The maximum atomic E-state index is 12.3. The van der Waals surface area contributed by atoms with E-state index in [2.05, 4.69) is 18.3 Å². The summed E-state index contributed by atoms with van der Waals surface area (Å²) < 4.78 is 23.0. The number of rotatable bonds is 8. The topological polar surface area (TPSA) is 107 Å². The Hall–Kier alpha value is -2.00. The van der Waals surface area contributed by atoms with E-state index in [1.807, 2.05) is 39.8 Å². The van der Waals surface area contributed by atoms with E-state index in [4.69, 9.17) is 18.9 Å². The van der Waals surface area contributed by atoms with Crippen molar-refractivity contribution in [1.82, 2.24) is 5.32 Å². The Kier molecular flexibility index (Phi) is 10.7. The second kappa shape index (κ2) is 12.7. The minimum atomic E-state index is -0.663. The van der Waals surface area contributed by atoms with Crippen LogP contribution in [0.25, 0.3) is 0 Å². The molecule has 0 aromatic carbocycles. The maximum absolute atomic E-state index is 12.3. The maximum Gasteiger partial charge on any atom is 0.303 e. The number of hydrogen-bond acceptors (Lipinski definition) is 7. The van der Waals surface area contributed by atoms with Gasteiger partial charge in [-0.1, -0.05) is 38.2 Å². The third-order valence-corrected chi connectivity index (χ3v) is 7.18. The Labute approximate surface area is 222 Å². The standard InChI is InChI=1S/C28H43NO7.CH4/c1-17(9-12-24-26(32)28(16-33-28)15-27(6,7)36-24)8-11-23-18(2)14-22(20(4)35-23)29-25(31)13-10-19(3)34-21(5)30;/h8-10,12-13,18-20,22-24,26,32H,11,14-16H2,1-7H3,(H,29,31);1H4/b12-9+,13-10-,17-8+;/t18-,19-,20+,22+,23-,24+,26+,28+;/m0./s1. The lowest BCUT2D eigenvalue weighted by molar-refractivity contribution is -0.171. The van der Waals surface area contributed by atoms with Crippen LogP contribution < -0.4 is 5.32 Å². The molecule has 1 spiro atoms. The van der Waals surface area contributed by atoms with E-state index < -0.39 is 23.9 Å². The van der Waals surface area contributed by atoms with Gasteiger partial charge < -0.3 is 29.4 Å². The molecular weight excluding hydrogens is 474 g/mol. The van der Waals surface area contributed by atoms with Gasteiger partial charge >= 0.3 is 5.97 Å². The summed E-state index contributed by atoms with van der Waals surface area (Å²) in [5, 5.41) is 13.7. The van der Waals surface area contributed by atoms with Crippen molar-refractivity contribution in [3.8, 4) is 0 Å².